The first-order valence-electron chi connectivity index (χ1n) is 6.51. The maximum atomic E-state index is 12.0. The number of carbonyl (C=O) groups excluding carboxylic acids is 1. The quantitative estimate of drug-likeness (QED) is 0.792. The van der Waals surface area contributed by atoms with Crippen LogP contribution in [0.15, 0.2) is 27.2 Å². The van der Waals surface area contributed by atoms with Crippen LogP contribution in [-0.4, -0.2) is 32.5 Å². The van der Waals surface area contributed by atoms with Gasteiger partial charge in [-0.3, -0.25) is 5.32 Å². The standard InChI is InChI=1S/C14H16BrN3O5/c1-20-7-8-4-13(18-23-8)17-14(19)16-10-5-9(15)11(21-2)6-12(10)22-3/h4-6H,7H2,1-3H3,(H2,16,17,18,19). The maximum absolute atomic E-state index is 12.0. The number of halogens is 1. The van der Waals surface area contributed by atoms with Crippen molar-refractivity contribution in [2.45, 2.75) is 6.61 Å². The predicted octanol–water partition coefficient (Wildman–Crippen LogP) is 3.24. The van der Waals surface area contributed by atoms with Gasteiger partial charge in [-0.15, -0.1) is 0 Å². The molecule has 0 radical (unpaired) electrons. The van der Waals surface area contributed by atoms with Crippen LogP contribution in [0.3, 0.4) is 0 Å². The topological polar surface area (TPSA) is 94.9 Å². The fourth-order valence-corrected chi connectivity index (χ4v) is 2.32. The summed E-state index contributed by atoms with van der Waals surface area (Å²) in [5.41, 5.74) is 0.471. The maximum Gasteiger partial charge on any atom is 0.325 e. The van der Waals surface area contributed by atoms with Gasteiger partial charge in [-0.05, 0) is 22.0 Å². The number of amides is 2. The van der Waals surface area contributed by atoms with Gasteiger partial charge in [0.25, 0.3) is 0 Å². The lowest BCUT2D eigenvalue weighted by Gasteiger charge is -2.13. The number of hydrogen-bond donors (Lipinski definition) is 2. The Morgan fingerprint density at radius 2 is 1.91 bits per heavy atom. The normalized spacial score (nSPS) is 10.3. The number of nitrogens with zero attached hydrogens (tertiary/aromatic N) is 1. The number of urea groups is 1. The van der Waals surface area contributed by atoms with Crippen molar-refractivity contribution in [3.05, 3.63) is 28.4 Å². The average Bonchev–Trinajstić information content (AvgIpc) is 2.95. The lowest BCUT2D eigenvalue weighted by molar-refractivity contribution is 0.156. The molecule has 0 bridgehead atoms. The molecule has 0 unspecified atom stereocenters. The van der Waals surface area contributed by atoms with Crippen LogP contribution in [0.1, 0.15) is 5.76 Å². The van der Waals surface area contributed by atoms with Gasteiger partial charge in [0.1, 0.15) is 18.1 Å². The van der Waals surface area contributed by atoms with Crippen LogP contribution in [0, 0.1) is 0 Å². The molecule has 1 aromatic heterocycles. The summed E-state index contributed by atoms with van der Waals surface area (Å²) in [6, 6.07) is 4.42. The molecule has 9 heteroatoms. The van der Waals surface area contributed by atoms with Crippen molar-refractivity contribution in [1.29, 1.82) is 0 Å². The highest BCUT2D eigenvalue weighted by atomic mass is 79.9. The molecule has 2 rings (SSSR count). The van der Waals surface area contributed by atoms with E-state index in [1.54, 1.807) is 25.3 Å². The Kier molecular flexibility index (Phi) is 5.83. The van der Waals surface area contributed by atoms with Gasteiger partial charge < -0.3 is 24.1 Å². The zero-order valence-corrected chi connectivity index (χ0v) is 14.4. The molecule has 0 atom stereocenters. The Hall–Kier alpha value is -2.26. The monoisotopic (exact) mass is 385 g/mol. The molecule has 0 saturated carbocycles. The first kappa shape index (κ1) is 17.1. The summed E-state index contributed by atoms with van der Waals surface area (Å²) in [5, 5.41) is 8.94. The largest absolute Gasteiger partial charge is 0.495 e. The van der Waals surface area contributed by atoms with Gasteiger partial charge in [-0.25, -0.2) is 4.79 Å². The van der Waals surface area contributed by atoms with E-state index >= 15 is 0 Å². The molecule has 0 aliphatic carbocycles. The third kappa shape index (κ3) is 4.36. The van der Waals surface area contributed by atoms with E-state index in [2.05, 4.69) is 31.7 Å². The van der Waals surface area contributed by atoms with Crippen molar-refractivity contribution in [1.82, 2.24) is 5.16 Å². The summed E-state index contributed by atoms with van der Waals surface area (Å²) in [7, 11) is 4.58. The third-order valence-electron chi connectivity index (χ3n) is 2.81. The fourth-order valence-electron chi connectivity index (χ4n) is 1.81. The van der Waals surface area contributed by atoms with Crippen molar-refractivity contribution in [3.8, 4) is 11.5 Å². The summed E-state index contributed by atoms with van der Waals surface area (Å²) in [6.45, 7) is 0.273. The minimum atomic E-state index is -0.488. The molecule has 1 aromatic carbocycles. The molecule has 23 heavy (non-hydrogen) atoms. The summed E-state index contributed by atoms with van der Waals surface area (Å²) in [6.07, 6.45) is 0. The van der Waals surface area contributed by atoms with Gasteiger partial charge in [-0.1, -0.05) is 5.16 Å². The molecule has 0 spiro atoms. The Labute approximate surface area is 141 Å². The Morgan fingerprint density at radius 1 is 1.17 bits per heavy atom. The lowest BCUT2D eigenvalue weighted by Crippen LogP contribution is -2.20. The number of hydrogen-bond acceptors (Lipinski definition) is 6. The van der Waals surface area contributed by atoms with Crippen LogP contribution in [0.4, 0.5) is 16.3 Å². The minimum absolute atomic E-state index is 0.273. The van der Waals surface area contributed by atoms with Crippen LogP contribution in [-0.2, 0) is 11.3 Å². The van der Waals surface area contributed by atoms with Gasteiger partial charge in [0.05, 0.1) is 24.4 Å². The zero-order chi connectivity index (χ0) is 16.8. The number of anilines is 2. The van der Waals surface area contributed by atoms with Crippen molar-refractivity contribution < 1.29 is 23.5 Å². The van der Waals surface area contributed by atoms with Gasteiger partial charge in [-0.2, -0.15) is 0 Å². The lowest BCUT2D eigenvalue weighted by atomic mass is 10.2. The summed E-state index contributed by atoms with van der Waals surface area (Å²) in [4.78, 5) is 12.0. The van der Waals surface area contributed by atoms with Crippen molar-refractivity contribution >= 4 is 33.5 Å². The Bertz CT molecular complexity index is 689. The van der Waals surface area contributed by atoms with Crippen LogP contribution < -0.4 is 20.1 Å². The molecule has 8 nitrogen and oxygen atoms in total. The average molecular weight is 386 g/mol. The number of ether oxygens (including phenoxy) is 3. The highest BCUT2D eigenvalue weighted by Gasteiger charge is 2.13. The Morgan fingerprint density at radius 3 is 2.57 bits per heavy atom. The van der Waals surface area contributed by atoms with Crippen LogP contribution in [0.2, 0.25) is 0 Å². The molecule has 1 heterocycles. The molecule has 0 aliphatic heterocycles. The summed E-state index contributed by atoms with van der Waals surface area (Å²) in [5.74, 6) is 1.84. The molecule has 0 saturated heterocycles. The molecular formula is C14H16BrN3O5. The highest BCUT2D eigenvalue weighted by Crippen LogP contribution is 2.36. The van der Waals surface area contributed by atoms with Crippen LogP contribution >= 0.6 is 15.9 Å². The molecule has 2 amide bonds. The third-order valence-corrected chi connectivity index (χ3v) is 3.43. The highest BCUT2D eigenvalue weighted by molar-refractivity contribution is 9.10. The second kappa shape index (κ2) is 7.84. The minimum Gasteiger partial charge on any atom is -0.495 e. The first-order valence-corrected chi connectivity index (χ1v) is 7.30. The summed E-state index contributed by atoms with van der Waals surface area (Å²) < 4.78 is 21.0. The van der Waals surface area contributed by atoms with E-state index < -0.39 is 6.03 Å². The number of benzene rings is 1. The van der Waals surface area contributed by atoms with Crippen molar-refractivity contribution in [2.24, 2.45) is 0 Å². The van der Waals surface area contributed by atoms with E-state index in [1.807, 2.05) is 0 Å². The van der Waals surface area contributed by atoms with E-state index in [0.29, 0.717) is 27.4 Å². The molecule has 0 aliphatic rings. The second-order valence-corrected chi connectivity index (χ2v) is 5.23. The molecule has 0 fully saturated rings. The van der Waals surface area contributed by atoms with Crippen LogP contribution in [0.25, 0.3) is 0 Å². The Balaban J connectivity index is 2.08. The van der Waals surface area contributed by atoms with E-state index in [-0.39, 0.29) is 12.4 Å². The molecule has 124 valence electrons. The van der Waals surface area contributed by atoms with E-state index in [9.17, 15) is 4.79 Å². The van der Waals surface area contributed by atoms with Gasteiger partial charge in [0, 0.05) is 19.2 Å². The van der Waals surface area contributed by atoms with Crippen molar-refractivity contribution in [2.75, 3.05) is 32.0 Å². The molecular weight excluding hydrogens is 370 g/mol. The first-order chi connectivity index (χ1) is 11.1. The molecule has 2 aromatic rings. The molecule has 2 N–H and O–H groups in total. The fraction of sp³-hybridized carbons (Fsp3) is 0.286. The number of methoxy groups -OCH3 is 3. The van der Waals surface area contributed by atoms with Gasteiger partial charge in [0.2, 0.25) is 0 Å². The zero-order valence-electron chi connectivity index (χ0n) is 12.8. The van der Waals surface area contributed by atoms with Crippen molar-refractivity contribution in [3.63, 3.8) is 0 Å². The van der Waals surface area contributed by atoms with E-state index in [1.165, 1.54) is 14.2 Å². The second-order valence-electron chi connectivity index (χ2n) is 4.38. The number of aromatic nitrogens is 1. The summed E-state index contributed by atoms with van der Waals surface area (Å²) >= 11 is 3.35. The van der Waals surface area contributed by atoms with E-state index in [0.717, 1.165) is 0 Å². The predicted molar refractivity (Wildman–Crippen MR) is 87.1 cm³/mol. The van der Waals surface area contributed by atoms with E-state index in [4.69, 9.17) is 18.7 Å². The number of carbonyl (C=O) groups is 1. The van der Waals surface area contributed by atoms with Crippen LogP contribution in [0.5, 0.6) is 11.5 Å². The number of rotatable bonds is 6. The smallest absolute Gasteiger partial charge is 0.325 e. The number of nitrogens with one attached hydrogen (secondary N) is 2. The van der Waals surface area contributed by atoms with Gasteiger partial charge in [0.15, 0.2) is 11.6 Å². The SMILES string of the molecule is COCc1cc(NC(=O)Nc2cc(Br)c(OC)cc2OC)no1. The van der Waals surface area contributed by atoms with Gasteiger partial charge >= 0.3 is 6.03 Å².